The Hall–Kier alpha value is -3.21. The van der Waals surface area contributed by atoms with E-state index in [1.54, 1.807) is 7.11 Å². The number of nitrogens with one attached hydrogen (secondary N) is 1. The number of aromatic nitrogens is 1. The third kappa shape index (κ3) is 3.05. The van der Waals surface area contributed by atoms with E-state index in [0.29, 0.717) is 18.0 Å². The highest BCUT2D eigenvalue weighted by molar-refractivity contribution is 5.91. The zero-order chi connectivity index (χ0) is 18.8. The lowest BCUT2D eigenvalue weighted by molar-refractivity contribution is 0.181. The van der Waals surface area contributed by atoms with Crippen LogP contribution in [0.2, 0.25) is 0 Å². The molecule has 2 heterocycles. The van der Waals surface area contributed by atoms with Gasteiger partial charge in [0.05, 0.1) is 31.1 Å². The van der Waals surface area contributed by atoms with Crippen molar-refractivity contribution >= 4 is 11.7 Å². The van der Waals surface area contributed by atoms with Gasteiger partial charge in [-0.25, -0.2) is 4.79 Å². The van der Waals surface area contributed by atoms with Gasteiger partial charge in [-0.05, 0) is 42.3 Å². The zero-order valence-corrected chi connectivity index (χ0v) is 15.6. The topological polar surface area (TPSA) is 46.5 Å². The van der Waals surface area contributed by atoms with Crippen LogP contribution in [0.1, 0.15) is 30.6 Å². The first-order valence-corrected chi connectivity index (χ1v) is 9.19. The minimum absolute atomic E-state index is 0.0119. The van der Waals surface area contributed by atoms with Crippen molar-refractivity contribution in [3.8, 4) is 11.4 Å². The molecular formula is C22H23N3O2. The van der Waals surface area contributed by atoms with Gasteiger partial charge in [-0.2, -0.15) is 0 Å². The average Bonchev–Trinajstić information content (AvgIpc) is 3.13. The minimum Gasteiger partial charge on any atom is -0.495 e. The summed E-state index contributed by atoms with van der Waals surface area (Å²) >= 11 is 0. The van der Waals surface area contributed by atoms with Crippen molar-refractivity contribution in [3.05, 3.63) is 78.1 Å². The number of urea groups is 1. The van der Waals surface area contributed by atoms with E-state index in [1.165, 1.54) is 0 Å². The first kappa shape index (κ1) is 17.2. The molecule has 2 amide bonds. The number of hydrogen-bond acceptors (Lipinski definition) is 2. The molecule has 0 fully saturated rings. The SMILES string of the molecule is CC[C@H]1c2cccn2-c2ccccc2CN1C(=O)Nc1ccccc1OC. The number of rotatable bonds is 3. The second-order valence-corrected chi connectivity index (χ2v) is 6.61. The molecule has 1 N–H and O–H groups in total. The summed E-state index contributed by atoms with van der Waals surface area (Å²) in [6, 6.07) is 19.7. The van der Waals surface area contributed by atoms with Gasteiger partial charge in [-0.15, -0.1) is 0 Å². The Bertz CT molecular complexity index is 963. The van der Waals surface area contributed by atoms with E-state index in [9.17, 15) is 4.79 Å². The van der Waals surface area contributed by atoms with Crippen molar-refractivity contribution in [1.29, 1.82) is 0 Å². The molecule has 0 spiro atoms. The number of benzene rings is 2. The molecule has 27 heavy (non-hydrogen) atoms. The Balaban J connectivity index is 1.73. The van der Waals surface area contributed by atoms with Crippen LogP contribution in [-0.2, 0) is 6.54 Å². The maximum absolute atomic E-state index is 13.2. The van der Waals surface area contributed by atoms with Crippen molar-refractivity contribution < 1.29 is 9.53 Å². The number of anilines is 1. The number of fused-ring (bicyclic) bond motifs is 3. The van der Waals surface area contributed by atoms with Crippen molar-refractivity contribution in [2.75, 3.05) is 12.4 Å². The van der Waals surface area contributed by atoms with E-state index in [4.69, 9.17) is 4.74 Å². The van der Waals surface area contributed by atoms with Gasteiger partial charge in [-0.3, -0.25) is 0 Å². The maximum Gasteiger partial charge on any atom is 0.322 e. The molecule has 1 aliphatic heterocycles. The highest BCUT2D eigenvalue weighted by atomic mass is 16.5. The molecule has 0 saturated carbocycles. The molecule has 0 radical (unpaired) electrons. The predicted molar refractivity (Wildman–Crippen MR) is 106 cm³/mol. The summed E-state index contributed by atoms with van der Waals surface area (Å²) in [6.07, 6.45) is 2.90. The summed E-state index contributed by atoms with van der Waals surface area (Å²) in [5.74, 6) is 0.650. The number of hydrogen-bond donors (Lipinski definition) is 1. The minimum atomic E-state index is -0.129. The first-order chi connectivity index (χ1) is 13.2. The average molecular weight is 361 g/mol. The second-order valence-electron chi connectivity index (χ2n) is 6.61. The number of ether oxygens (including phenoxy) is 1. The van der Waals surface area contributed by atoms with E-state index in [1.807, 2.05) is 47.4 Å². The normalized spacial score (nSPS) is 15.5. The largest absolute Gasteiger partial charge is 0.495 e. The summed E-state index contributed by atoms with van der Waals surface area (Å²) in [4.78, 5) is 15.2. The summed E-state index contributed by atoms with van der Waals surface area (Å²) in [7, 11) is 1.61. The molecule has 3 aromatic rings. The van der Waals surface area contributed by atoms with Gasteiger partial charge < -0.3 is 19.5 Å². The number of para-hydroxylation sites is 3. The lowest BCUT2D eigenvalue weighted by Gasteiger charge is -2.30. The van der Waals surface area contributed by atoms with Crippen molar-refractivity contribution in [3.63, 3.8) is 0 Å². The highest BCUT2D eigenvalue weighted by Gasteiger charge is 2.30. The fourth-order valence-electron chi connectivity index (χ4n) is 3.80. The molecular weight excluding hydrogens is 338 g/mol. The van der Waals surface area contributed by atoms with Crippen LogP contribution >= 0.6 is 0 Å². The highest BCUT2D eigenvalue weighted by Crippen LogP contribution is 2.35. The quantitative estimate of drug-likeness (QED) is 0.715. The first-order valence-electron chi connectivity index (χ1n) is 9.19. The summed E-state index contributed by atoms with van der Waals surface area (Å²) < 4.78 is 7.57. The lowest BCUT2D eigenvalue weighted by atomic mass is 10.1. The van der Waals surface area contributed by atoms with Crippen LogP contribution in [0.3, 0.4) is 0 Å². The zero-order valence-electron chi connectivity index (χ0n) is 15.6. The van der Waals surface area contributed by atoms with Gasteiger partial charge in [-0.1, -0.05) is 37.3 Å². The van der Waals surface area contributed by atoms with E-state index in [-0.39, 0.29) is 12.1 Å². The number of amides is 2. The Morgan fingerprint density at radius 3 is 2.70 bits per heavy atom. The van der Waals surface area contributed by atoms with Gasteiger partial charge in [0.2, 0.25) is 0 Å². The van der Waals surface area contributed by atoms with E-state index in [2.05, 4.69) is 41.2 Å². The standard InChI is InChI=1S/C22H23N3O2/c1-3-18-20-12-8-14-24(20)19-11-6-4-9-16(19)15-25(18)22(26)23-17-10-5-7-13-21(17)27-2/h4-14,18H,3,15H2,1-2H3,(H,23,26)/t18-/m0/s1. The van der Waals surface area contributed by atoms with Crippen LogP contribution < -0.4 is 10.1 Å². The van der Waals surface area contributed by atoms with Crippen molar-refractivity contribution in [2.24, 2.45) is 0 Å². The number of carbonyl (C=O) groups excluding carboxylic acids is 1. The molecule has 5 nitrogen and oxygen atoms in total. The second kappa shape index (κ2) is 7.19. The molecule has 5 heteroatoms. The lowest BCUT2D eigenvalue weighted by Crippen LogP contribution is -2.37. The Morgan fingerprint density at radius 2 is 1.89 bits per heavy atom. The molecule has 4 rings (SSSR count). The van der Waals surface area contributed by atoms with Gasteiger partial charge in [0, 0.05) is 11.9 Å². The maximum atomic E-state index is 13.2. The van der Waals surface area contributed by atoms with Crippen LogP contribution in [0.4, 0.5) is 10.5 Å². The van der Waals surface area contributed by atoms with E-state index >= 15 is 0 Å². The molecule has 1 aromatic heterocycles. The Morgan fingerprint density at radius 1 is 1.11 bits per heavy atom. The van der Waals surface area contributed by atoms with E-state index < -0.39 is 0 Å². The monoisotopic (exact) mass is 361 g/mol. The molecule has 0 aliphatic carbocycles. The van der Waals surface area contributed by atoms with Gasteiger partial charge in [0.25, 0.3) is 0 Å². The summed E-state index contributed by atoms with van der Waals surface area (Å²) in [5.41, 5.74) is 4.05. The molecule has 2 aromatic carbocycles. The predicted octanol–water partition coefficient (Wildman–Crippen LogP) is 4.98. The molecule has 0 saturated heterocycles. The summed E-state index contributed by atoms with van der Waals surface area (Å²) in [6.45, 7) is 2.67. The number of methoxy groups -OCH3 is 1. The Labute approximate surface area is 159 Å². The number of nitrogens with zero attached hydrogens (tertiary/aromatic N) is 2. The fourth-order valence-corrected chi connectivity index (χ4v) is 3.80. The van der Waals surface area contributed by atoms with Gasteiger partial charge >= 0.3 is 6.03 Å². The van der Waals surface area contributed by atoms with Crippen LogP contribution in [0.5, 0.6) is 5.75 Å². The number of carbonyl (C=O) groups is 1. The molecule has 138 valence electrons. The van der Waals surface area contributed by atoms with Crippen molar-refractivity contribution in [2.45, 2.75) is 25.9 Å². The summed E-state index contributed by atoms with van der Waals surface area (Å²) in [5, 5.41) is 3.03. The third-order valence-electron chi connectivity index (χ3n) is 5.09. The van der Waals surface area contributed by atoms with Gasteiger partial charge in [0.15, 0.2) is 0 Å². The third-order valence-corrected chi connectivity index (χ3v) is 5.09. The Kier molecular flexibility index (Phi) is 4.59. The van der Waals surface area contributed by atoms with E-state index in [0.717, 1.165) is 23.4 Å². The van der Waals surface area contributed by atoms with Gasteiger partial charge in [0.1, 0.15) is 5.75 Å². The van der Waals surface area contributed by atoms with Crippen LogP contribution in [0.25, 0.3) is 5.69 Å². The van der Waals surface area contributed by atoms with Crippen LogP contribution in [-0.4, -0.2) is 22.6 Å². The smallest absolute Gasteiger partial charge is 0.322 e. The molecule has 0 bridgehead atoms. The molecule has 1 atom stereocenters. The van der Waals surface area contributed by atoms with Crippen LogP contribution in [0, 0.1) is 0 Å². The fraction of sp³-hybridized carbons (Fsp3) is 0.227. The van der Waals surface area contributed by atoms with Crippen molar-refractivity contribution in [1.82, 2.24) is 9.47 Å². The van der Waals surface area contributed by atoms with Crippen LogP contribution in [0.15, 0.2) is 66.9 Å². The molecule has 1 aliphatic rings. The molecule has 0 unspecified atom stereocenters.